The van der Waals surface area contributed by atoms with E-state index >= 15 is 0 Å². The summed E-state index contributed by atoms with van der Waals surface area (Å²) < 4.78 is 51.3. The Balaban J connectivity index is 1.32. The highest BCUT2D eigenvalue weighted by molar-refractivity contribution is 6.19. The molecule has 0 bridgehead atoms. The van der Waals surface area contributed by atoms with Crippen molar-refractivity contribution in [1.82, 2.24) is 15.2 Å². The van der Waals surface area contributed by atoms with Crippen LogP contribution in [0.5, 0.6) is 0 Å². The Hall–Kier alpha value is -4.78. The fourth-order valence-corrected chi connectivity index (χ4v) is 4.47. The predicted molar refractivity (Wildman–Crippen MR) is 140 cm³/mol. The van der Waals surface area contributed by atoms with Crippen LogP contribution in [0, 0.1) is 0 Å². The number of alkyl halides is 3. The molecule has 2 aliphatic rings. The van der Waals surface area contributed by atoms with Crippen LogP contribution in [0.2, 0.25) is 0 Å². The highest BCUT2D eigenvalue weighted by atomic mass is 19.4. The summed E-state index contributed by atoms with van der Waals surface area (Å²) in [5.74, 6) is -0.575. The van der Waals surface area contributed by atoms with Crippen molar-refractivity contribution in [2.45, 2.75) is 18.4 Å². The second-order valence-corrected chi connectivity index (χ2v) is 9.19. The standard InChI is InChI=1S/C27H22F3N7O3/c1-39-17-13-37(14-17)20-11-16(27(28,29)30)12-31-22(20)25-35-36-26(40-25)34-23-24(38)32-19-10-6-5-9-18(19)21(33-23)15-7-3-2-4-8-15/h2-12,17,23H,13-14H2,1H3,(H,32,38)(H,34,36). The number of pyridine rings is 1. The monoisotopic (exact) mass is 549 g/mol. The number of anilines is 3. The summed E-state index contributed by atoms with van der Waals surface area (Å²) in [6.07, 6.45) is -5.12. The first kappa shape index (κ1) is 25.5. The molecule has 6 rings (SSSR count). The van der Waals surface area contributed by atoms with E-state index in [1.807, 2.05) is 42.5 Å². The number of halogens is 3. The van der Waals surface area contributed by atoms with Gasteiger partial charge in [-0.25, -0.2) is 9.98 Å². The predicted octanol–water partition coefficient (Wildman–Crippen LogP) is 4.21. The van der Waals surface area contributed by atoms with E-state index in [9.17, 15) is 18.0 Å². The number of hydrogen-bond acceptors (Lipinski definition) is 9. The number of ether oxygens (including phenoxy) is 1. The first-order valence-corrected chi connectivity index (χ1v) is 12.3. The molecule has 4 heterocycles. The minimum atomic E-state index is -4.58. The first-order chi connectivity index (χ1) is 19.3. The summed E-state index contributed by atoms with van der Waals surface area (Å²) in [5, 5.41) is 13.7. The SMILES string of the molecule is COC1CN(c2cc(C(F)(F)F)cnc2-c2nnc(NC3N=C(c4ccccc4)c4ccccc4NC3=O)o2)C1. The van der Waals surface area contributed by atoms with E-state index in [0.717, 1.165) is 23.4 Å². The maximum absolute atomic E-state index is 13.4. The number of rotatable bonds is 6. The van der Waals surface area contributed by atoms with Gasteiger partial charge in [0.1, 0.15) is 0 Å². The molecule has 0 aliphatic carbocycles. The van der Waals surface area contributed by atoms with Crippen LogP contribution in [0.3, 0.4) is 0 Å². The molecule has 4 aromatic rings. The number of aromatic nitrogens is 3. The van der Waals surface area contributed by atoms with Gasteiger partial charge >= 0.3 is 12.2 Å². The molecule has 40 heavy (non-hydrogen) atoms. The topological polar surface area (TPSA) is 118 Å². The minimum absolute atomic E-state index is 0.0781. The zero-order valence-corrected chi connectivity index (χ0v) is 21.0. The third kappa shape index (κ3) is 4.86. The molecule has 0 saturated carbocycles. The van der Waals surface area contributed by atoms with Crippen molar-refractivity contribution in [3.8, 4) is 11.6 Å². The quantitative estimate of drug-likeness (QED) is 0.367. The lowest BCUT2D eigenvalue weighted by Crippen LogP contribution is -2.52. The Morgan fingerprint density at radius 2 is 1.82 bits per heavy atom. The number of hydrogen-bond donors (Lipinski definition) is 2. The van der Waals surface area contributed by atoms with Gasteiger partial charge in [0.05, 0.1) is 28.8 Å². The zero-order valence-electron chi connectivity index (χ0n) is 21.0. The fourth-order valence-electron chi connectivity index (χ4n) is 4.47. The summed E-state index contributed by atoms with van der Waals surface area (Å²) >= 11 is 0. The summed E-state index contributed by atoms with van der Waals surface area (Å²) in [4.78, 5) is 23.5. The molecule has 204 valence electrons. The van der Waals surface area contributed by atoms with Gasteiger partial charge in [-0.2, -0.15) is 13.2 Å². The summed E-state index contributed by atoms with van der Waals surface area (Å²) in [5.41, 5.74) is 2.06. The van der Waals surface area contributed by atoms with Crippen molar-refractivity contribution >= 4 is 29.0 Å². The lowest BCUT2D eigenvalue weighted by atomic mass is 10.0. The molecule has 1 unspecified atom stereocenters. The van der Waals surface area contributed by atoms with Crippen LogP contribution in [-0.2, 0) is 15.7 Å². The number of para-hydroxylation sites is 1. The number of aliphatic imine (C=N–C) groups is 1. The van der Waals surface area contributed by atoms with Crippen molar-refractivity contribution in [1.29, 1.82) is 0 Å². The van der Waals surface area contributed by atoms with Crippen LogP contribution in [0.25, 0.3) is 11.6 Å². The number of benzene rings is 2. The second-order valence-electron chi connectivity index (χ2n) is 9.19. The Morgan fingerprint density at radius 3 is 2.58 bits per heavy atom. The molecule has 1 saturated heterocycles. The highest BCUT2D eigenvalue weighted by Crippen LogP contribution is 2.38. The zero-order chi connectivity index (χ0) is 27.9. The summed E-state index contributed by atoms with van der Waals surface area (Å²) in [7, 11) is 1.54. The molecule has 13 heteroatoms. The van der Waals surface area contributed by atoms with E-state index in [4.69, 9.17) is 9.15 Å². The molecular formula is C27H22F3N7O3. The van der Waals surface area contributed by atoms with Crippen molar-refractivity contribution < 1.29 is 27.1 Å². The van der Waals surface area contributed by atoms with Gasteiger partial charge < -0.3 is 24.7 Å². The van der Waals surface area contributed by atoms with Crippen LogP contribution in [0.1, 0.15) is 16.7 Å². The summed E-state index contributed by atoms with van der Waals surface area (Å²) in [6, 6.07) is 17.5. The molecule has 10 nitrogen and oxygen atoms in total. The maximum atomic E-state index is 13.4. The molecule has 0 spiro atoms. The molecule has 1 amide bonds. The van der Waals surface area contributed by atoms with E-state index in [1.165, 1.54) is 7.11 Å². The molecule has 2 aromatic heterocycles. The van der Waals surface area contributed by atoms with Gasteiger partial charge in [-0.3, -0.25) is 4.79 Å². The first-order valence-electron chi connectivity index (χ1n) is 12.3. The van der Waals surface area contributed by atoms with E-state index < -0.39 is 23.8 Å². The Labute approximate surface area is 225 Å². The van der Waals surface area contributed by atoms with Gasteiger partial charge in [-0.15, -0.1) is 5.10 Å². The number of benzodiazepines with no additional fused rings is 1. The maximum Gasteiger partial charge on any atom is 0.417 e. The van der Waals surface area contributed by atoms with E-state index in [2.05, 4.69) is 30.8 Å². The van der Waals surface area contributed by atoms with Crippen LogP contribution < -0.4 is 15.5 Å². The van der Waals surface area contributed by atoms with Crippen LogP contribution in [0.15, 0.2) is 76.3 Å². The van der Waals surface area contributed by atoms with Crippen molar-refractivity contribution in [3.63, 3.8) is 0 Å². The third-order valence-electron chi connectivity index (χ3n) is 6.60. The van der Waals surface area contributed by atoms with Gasteiger partial charge in [-0.1, -0.05) is 53.6 Å². The Bertz CT molecular complexity index is 1580. The Kier molecular flexibility index (Phi) is 6.42. The number of nitrogens with one attached hydrogen (secondary N) is 2. The van der Waals surface area contributed by atoms with E-state index in [0.29, 0.717) is 24.5 Å². The average molecular weight is 550 g/mol. The number of carbonyl (C=O) groups is 1. The highest BCUT2D eigenvalue weighted by Gasteiger charge is 2.36. The number of fused-ring (bicyclic) bond motifs is 1. The van der Waals surface area contributed by atoms with E-state index in [1.54, 1.807) is 17.0 Å². The molecule has 0 radical (unpaired) electrons. The molecule has 1 fully saturated rings. The van der Waals surface area contributed by atoms with Gasteiger partial charge in [0.15, 0.2) is 5.69 Å². The largest absolute Gasteiger partial charge is 0.417 e. The van der Waals surface area contributed by atoms with Crippen LogP contribution in [-0.4, -0.2) is 59.3 Å². The van der Waals surface area contributed by atoms with Gasteiger partial charge in [-0.05, 0) is 12.1 Å². The van der Waals surface area contributed by atoms with Gasteiger partial charge in [0.2, 0.25) is 6.17 Å². The Morgan fingerprint density at radius 1 is 1.07 bits per heavy atom. The number of methoxy groups -OCH3 is 1. The normalized spacial score (nSPS) is 17.4. The number of amides is 1. The van der Waals surface area contributed by atoms with Crippen LogP contribution >= 0.6 is 0 Å². The summed E-state index contributed by atoms with van der Waals surface area (Å²) in [6.45, 7) is 0.761. The molecule has 2 aromatic carbocycles. The molecule has 1 atom stereocenters. The van der Waals surface area contributed by atoms with Crippen LogP contribution in [0.4, 0.5) is 30.6 Å². The van der Waals surface area contributed by atoms with Gasteiger partial charge in [0.25, 0.3) is 11.8 Å². The third-order valence-corrected chi connectivity index (χ3v) is 6.60. The smallest absolute Gasteiger partial charge is 0.402 e. The van der Waals surface area contributed by atoms with Gasteiger partial charge in [0, 0.05) is 37.5 Å². The molecule has 2 N–H and O–H groups in total. The van der Waals surface area contributed by atoms with Crippen molar-refractivity contribution in [3.05, 3.63) is 83.6 Å². The molecule has 2 aliphatic heterocycles. The fraction of sp³-hybridized carbons (Fsp3) is 0.222. The molecular weight excluding hydrogens is 527 g/mol. The average Bonchev–Trinajstić information content (AvgIpc) is 3.33. The lowest BCUT2D eigenvalue weighted by molar-refractivity contribution is -0.137. The van der Waals surface area contributed by atoms with E-state index in [-0.39, 0.29) is 29.4 Å². The number of nitrogens with zero attached hydrogens (tertiary/aromatic N) is 5. The second kappa shape index (κ2) is 10.1. The van der Waals surface area contributed by atoms with Crippen molar-refractivity contribution in [2.75, 3.05) is 35.7 Å². The lowest BCUT2D eigenvalue weighted by Gasteiger charge is -2.40. The minimum Gasteiger partial charge on any atom is -0.402 e. The van der Waals surface area contributed by atoms with Crippen molar-refractivity contribution in [2.24, 2.45) is 4.99 Å². The number of carbonyl (C=O) groups excluding carboxylic acids is 1.